The largest absolute Gasteiger partial charge is 0.462 e. The van der Waals surface area contributed by atoms with Crippen LogP contribution in [0.25, 0.3) is 0 Å². The highest BCUT2D eigenvalue weighted by Crippen LogP contribution is 2.17. The van der Waals surface area contributed by atoms with Crippen LogP contribution in [-0.4, -0.2) is 46.9 Å². The second-order valence-electron chi connectivity index (χ2n) is 17.1. The maximum absolute atomic E-state index is 13.2. The molecule has 0 aromatic carbocycles. The van der Waals surface area contributed by atoms with E-state index in [2.05, 4.69) is 92.9 Å². The van der Waals surface area contributed by atoms with Gasteiger partial charge in [0, 0.05) is 6.42 Å². The number of esters is 1. The normalized spacial score (nSPS) is 14.2. The number of allylic oxidation sites excluding steroid dienone is 18. The molecule has 0 fully saturated rings. The molecular weight excluding hydrogens is 779 g/mol. The molecule has 3 atom stereocenters. The Bertz CT molecular complexity index is 1300. The standard InChI is InChI=1S/C57H95NO5/c1-4-7-10-13-16-19-22-24-26-28-29-31-33-35-38-41-44-47-50-57(62)63-53(48-45-42-39-36-34-32-30-27-25-23-20-17-14-11-8-5-2)51-56(61)58-54(52-59)55(60)49-46-43-40-37-21-18-15-12-9-6-3/h10,13,16-17,19-20,22-32,34,53-55,59-60H,4-9,11-12,14-15,18,21,33,35-52H2,1-3H3,(H,58,61)/b13-10+,19-16+,20-17+,24-22+,25-23+,28-26+,30-27+,31-29+,34-32+. The Hall–Kier alpha value is -3.48. The lowest BCUT2D eigenvalue weighted by atomic mass is 10.0. The van der Waals surface area contributed by atoms with Crippen LogP contribution in [0, 0.1) is 0 Å². The predicted octanol–water partition coefficient (Wildman–Crippen LogP) is 15.5. The SMILES string of the molecule is CCC/C=C/C=C/C=C/C=C/C=C/CCCCCCCC(=O)OC(CCCCC/C=C/C=C/C=C/C=C/CCCCC)CC(=O)NC(CO)C(O)CCCCCCCCCCCC. The molecule has 3 N–H and O–H groups in total. The summed E-state index contributed by atoms with van der Waals surface area (Å²) in [5.41, 5.74) is 0. The van der Waals surface area contributed by atoms with E-state index in [1.54, 1.807) is 0 Å². The third-order valence-corrected chi connectivity index (χ3v) is 11.0. The van der Waals surface area contributed by atoms with Crippen molar-refractivity contribution in [3.63, 3.8) is 0 Å². The van der Waals surface area contributed by atoms with Gasteiger partial charge in [-0.15, -0.1) is 0 Å². The second-order valence-corrected chi connectivity index (χ2v) is 17.1. The van der Waals surface area contributed by atoms with Crippen molar-refractivity contribution >= 4 is 11.9 Å². The molecule has 0 saturated carbocycles. The van der Waals surface area contributed by atoms with Crippen LogP contribution in [0.4, 0.5) is 0 Å². The minimum atomic E-state index is -0.809. The summed E-state index contributed by atoms with van der Waals surface area (Å²) in [6.45, 7) is 6.31. The molecule has 3 unspecified atom stereocenters. The van der Waals surface area contributed by atoms with Crippen LogP contribution in [0.1, 0.15) is 213 Å². The van der Waals surface area contributed by atoms with Crippen molar-refractivity contribution < 1.29 is 24.5 Å². The summed E-state index contributed by atoms with van der Waals surface area (Å²) in [5.74, 6) is -0.552. The number of carbonyl (C=O) groups is 2. The van der Waals surface area contributed by atoms with Gasteiger partial charge in [0.25, 0.3) is 0 Å². The highest BCUT2D eigenvalue weighted by molar-refractivity contribution is 5.77. The molecule has 358 valence electrons. The Morgan fingerprint density at radius 2 is 0.841 bits per heavy atom. The minimum Gasteiger partial charge on any atom is -0.462 e. The highest BCUT2D eigenvalue weighted by Gasteiger charge is 2.24. The van der Waals surface area contributed by atoms with Crippen LogP contribution in [-0.2, 0) is 14.3 Å². The summed E-state index contributed by atoms with van der Waals surface area (Å²) in [7, 11) is 0. The Labute approximate surface area is 388 Å². The van der Waals surface area contributed by atoms with E-state index in [0.29, 0.717) is 19.3 Å². The molecule has 0 bridgehead atoms. The van der Waals surface area contributed by atoms with Gasteiger partial charge in [0.15, 0.2) is 0 Å². The first kappa shape index (κ1) is 59.5. The van der Waals surface area contributed by atoms with Gasteiger partial charge in [-0.1, -0.05) is 239 Å². The van der Waals surface area contributed by atoms with E-state index in [-0.39, 0.29) is 24.9 Å². The first-order valence-corrected chi connectivity index (χ1v) is 25.7. The Balaban J connectivity index is 4.76. The number of unbranched alkanes of at least 4 members (excludes halogenated alkanes) is 21. The minimum absolute atomic E-state index is 0.0339. The van der Waals surface area contributed by atoms with Crippen molar-refractivity contribution in [1.29, 1.82) is 0 Å². The lowest BCUT2D eigenvalue weighted by molar-refractivity contribution is -0.151. The summed E-state index contributed by atoms with van der Waals surface area (Å²) in [6.07, 6.45) is 67.0. The fourth-order valence-corrected chi connectivity index (χ4v) is 7.12. The molecule has 0 radical (unpaired) electrons. The van der Waals surface area contributed by atoms with E-state index in [1.165, 1.54) is 70.6 Å². The zero-order valence-electron chi connectivity index (χ0n) is 40.7. The van der Waals surface area contributed by atoms with Crippen LogP contribution in [0.5, 0.6) is 0 Å². The zero-order valence-corrected chi connectivity index (χ0v) is 40.7. The van der Waals surface area contributed by atoms with Gasteiger partial charge in [0.05, 0.1) is 25.2 Å². The molecule has 0 spiro atoms. The Kier molecular flexibility index (Phi) is 46.8. The van der Waals surface area contributed by atoms with Crippen molar-refractivity contribution in [1.82, 2.24) is 5.32 Å². The molecule has 0 rings (SSSR count). The summed E-state index contributed by atoms with van der Waals surface area (Å²) in [4.78, 5) is 26.1. The average Bonchev–Trinajstić information content (AvgIpc) is 3.28. The number of aliphatic hydroxyl groups is 2. The molecule has 6 nitrogen and oxygen atoms in total. The molecule has 1 amide bonds. The molecule has 0 aliphatic heterocycles. The number of nitrogens with one attached hydrogen (secondary N) is 1. The monoisotopic (exact) mass is 874 g/mol. The number of ether oxygens (including phenoxy) is 1. The van der Waals surface area contributed by atoms with E-state index < -0.39 is 18.2 Å². The van der Waals surface area contributed by atoms with Crippen LogP contribution in [0.3, 0.4) is 0 Å². The van der Waals surface area contributed by atoms with Crippen LogP contribution >= 0.6 is 0 Å². The lowest BCUT2D eigenvalue weighted by Crippen LogP contribution is -2.46. The van der Waals surface area contributed by atoms with Gasteiger partial charge in [-0.25, -0.2) is 0 Å². The van der Waals surface area contributed by atoms with Crippen LogP contribution in [0.15, 0.2) is 109 Å². The molecule has 0 saturated heterocycles. The van der Waals surface area contributed by atoms with Crippen molar-refractivity contribution in [3.05, 3.63) is 109 Å². The number of aliphatic hydroxyl groups excluding tert-OH is 2. The topological polar surface area (TPSA) is 95.9 Å². The van der Waals surface area contributed by atoms with Gasteiger partial charge < -0.3 is 20.3 Å². The first-order chi connectivity index (χ1) is 31.0. The summed E-state index contributed by atoms with van der Waals surface area (Å²) >= 11 is 0. The Morgan fingerprint density at radius 1 is 0.460 bits per heavy atom. The van der Waals surface area contributed by atoms with Crippen LogP contribution in [0.2, 0.25) is 0 Å². The summed E-state index contributed by atoms with van der Waals surface area (Å²) in [6, 6.07) is -0.727. The van der Waals surface area contributed by atoms with E-state index in [0.717, 1.165) is 96.3 Å². The van der Waals surface area contributed by atoms with E-state index >= 15 is 0 Å². The molecule has 63 heavy (non-hydrogen) atoms. The molecule has 0 heterocycles. The maximum atomic E-state index is 13.2. The van der Waals surface area contributed by atoms with Crippen molar-refractivity contribution in [2.45, 2.75) is 232 Å². The zero-order chi connectivity index (χ0) is 45.9. The van der Waals surface area contributed by atoms with E-state index in [1.807, 2.05) is 42.5 Å². The van der Waals surface area contributed by atoms with E-state index in [9.17, 15) is 19.8 Å². The van der Waals surface area contributed by atoms with Gasteiger partial charge in [-0.2, -0.15) is 0 Å². The van der Waals surface area contributed by atoms with Crippen molar-refractivity contribution in [2.24, 2.45) is 0 Å². The molecule has 0 aliphatic carbocycles. The second kappa shape index (κ2) is 49.5. The molecule has 0 aromatic rings. The Morgan fingerprint density at radius 3 is 1.33 bits per heavy atom. The molecule has 6 heteroatoms. The van der Waals surface area contributed by atoms with Gasteiger partial charge >= 0.3 is 5.97 Å². The fourth-order valence-electron chi connectivity index (χ4n) is 7.12. The maximum Gasteiger partial charge on any atom is 0.306 e. The van der Waals surface area contributed by atoms with Crippen LogP contribution < -0.4 is 5.32 Å². The van der Waals surface area contributed by atoms with Crippen molar-refractivity contribution in [3.8, 4) is 0 Å². The molecular formula is C57H95NO5. The smallest absolute Gasteiger partial charge is 0.306 e. The number of hydrogen-bond donors (Lipinski definition) is 3. The third kappa shape index (κ3) is 44.9. The molecule has 0 aromatic heterocycles. The fraction of sp³-hybridized carbons (Fsp3) is 0.649. The summed E-state index contributed by atoms with van der Waals surface area (Å²) < 4.78 is 5.91. The quantitative estimate of drug-likeness (QED) is 0.0322. The number of hydrogen-bond acceptors (Lipinski definition) is 5. The van der Waals surface area contributed by atoms with Gasteiger partial charge in [-0.05, 0) is 70.6 Å². The first-order valence-electron chi connectivity index (χ1n) is 25.7. The number of carbonyl (C=O) groups excluding carboxylic acids is 2. The lowest BCUT2D eigenvalue weighted by Gasteiger charge is -2.24. The number of rotatable bonds is 44. The molecule has 0 aliphatic rings. The van der Waals surface area contributed by atoms with Gasteiger partial charge in [-0.3, -0.25) is 9.59 Å². The van der Waals surface area contributed by atoms with Crippen molar-refractivity contribution in [2.75, 3.05) is 6.61 Å². The average molecular weight is 874 g/mol. The number of amides is 1. The van der Waals surface area contributed by atoms with Gasteiger partial charge in [0.2, 0.25) is 5.91 Å². The van der Waals surface area contributed by atoms with E-state index in [4.69, 9.17) is 4.74 Å². The highest BCUT2D eigenvalue weighted by atomic mass is 16.5. The third-order valence-electron chi connectivity index (χ3n) is 11.0. The predicted molar refractivity (Wildman–Crippen MR) is 273 cm³/mol. The van der Waals surface area contributed by atoms with Gasteiger partial charge in [0.1, 0.15) is 6.10 Å². The summed E-state index contributed by atoms with van der Waals surface area (Å²) in [5, 5.41) is 23.7.